The summed E-state index contributed by atoms with van der Waals surface area (Å²) >= 11 is 0. The molecule has 0 amide bonds. The van der Waals surface area contributed by atoms with Crippen molar-refractivity contribution in [1.82, 2.24) is 9.97 Å². The van der Waals surface area contributed by atoms with Crippen LogP contribution >= 0.6 is 0 Å². The smallest absolute Gasteiger partial charge is 0.134 e. The number of aromatic nitrogens is 2. The van der Waals surface area contributed by atoms with Crippen molar-refractivity contribution in [3.63, 3.8) is 0 Å². The molecule has 1 heterocycles. The largest absolute Gasteiger partial charge is 0.373 e. The van der Waals surface area contributed by atoms with Gasteiger partial charge in [-0.05, 0) is 32.1 Å². The Morgan fingerprint density at radius 1 is 1.18 bits per heavy atom. The molecule has 0 radical (unpaired) electrons. The first-order chi connectivity index (χ1) is 8.04. The van der Waals surface area contributed by atoms with Crippen molar-refractivity contribution < 1.29 is 0 Å². The van der Waals surface area contributed by atoms with Crippen LogP contribution in [0.25, 0.3) is 0 Å². The highest BCUT2D eigenvalue weighted by Gasteiger charge is 2.31. The second-order valence-corrected chi connectivity index (χ2v) is 5.36. The molecule has 1 fully saturated rings. The summed E-state index contributed by atoms with van der Waals surface area (Å²) < 4.78 is 0. The van der Waals surface area contributed by atoms with E-state index in [1.54, 1.807) is 0 Å². The van der Waals surface area contributed by atoms with Crippen LogP contribution in [0.5, 0.6) is 0 Å². The number of anilines is 2. The molecule has 94 valence electrons. The zero-order valence-corrected chi connectivity index (χ0v) is 11.2. The molecule has 2 N–H and O–H groups in total. The van der Waals surface area contributed by atoms with E-state index in [9.17, 15) is 0 Å². The van der Waals surface area contributed by atoms with E-state index in [0.29, 0.717) is 5.41 Å². The third kappa shape index (κ3) is 2.51. The molecule has 4 nitrogen and oxygen atoms in total. The molecule has 0 unspecified atom stereocenters. The minimum Gasteiger partial charge on any atom is -0.373 e. The van der Waals surface area contributed by atoms with Gasteiger partial charge >= 0.3 is 0 Å². The lowest BCUT2D eigenvalue weighted by molar-refractivity contribution is 0.180. The molecule has 1 aromatic heterocycles. The number of aryl methyl sites for hydroxylation is 1. The van der Waals surface area contributed by atoms with E-state index in [1.807, 2.05) is 14.0 Å². The average molecular weight is 234 g/mol. The minimum absolute atomic E-state index is 0.463. The van der Waals surface area contributed by atoms with Gasteiger partial charge in [0.05, 0.1) is 0 Å². The Hall–Kier alpha value is -1.32. The predicted octanol–water partition coefficient (Wildman–Crippen LogP) is 2.74. The lowest BCUT2D eigenvalue weighted by atomic mass is 9.70. The summed E-state index contributed by atoms with van der Waals surface area (Å²) in [6, 6.07) is 0. The Kier molecular flexibility index (Phi) is 3.22. The van der Waals surface area contributed by atoms with Crippen LogP contribution in [0.15, 0.2) is 0 Å². The first-order valence-corrected chi connectivity index (χ1v) is 6.31. The van der Waals surface area contributed by atoms with Gasteiger partial charge in [0, 0.05) is 19.2 Å². The molecular weight excluding hydrogens is 212 g/mol. The molecule has 0 atom stereocenters. The Morgan fingerprint density at radius 2 is 1.82 bits per heavy atom. The molecule has 0 spiro atoms. The summed E-state index contributed by atoms with van der Waals surface area (Å²) in [5.74, 6) is 2.69. The van der Waals surface area contributed by atoms with Crippen LogP contribution in [0, 0.1) is 19.3 Å². The highest BCUT2D eigenvalue weighted by Crippen LogP contribution is 2.40. The van der Waals surface area contributed by atoms with E-state index in [0.717, 1.165) is 29.6 Å². The lowest BCUT2D eigenvalue weighted by Gasteiger charge is -2.38. The van der Waals surface area contributed by atoms with Gasteiger partial charge in [0.2, 0.25) is 0 Å². The van der Waals surface area contributed by atoms with E-state index < -0.39 is 0 Å². The van der Waals surface area contributed by atoms with Gasteiger partial charge in [-0.2, -0.15) is 0 Å². The number of nitrogens with zero attached hydrogens (tertiary/aromatic N) is 2. The minimum atomic E-state index is 0.463. The zero-order valence-electron chi connectivity index (χ0n) is 11.2. The molecule has 0 bridgehead atoms. The Labute approximate surface area is 103 Å². The predicted molar refractivity (Wildman–Crippen MR) is 71.5 cm³/mol. The highest BCUT2D eigenvalue weighted by molar-refractivity contribution is 5.57. The fourth-order valence-corrected chi connectivity index (χ4v) is 2.30. The van der Waals surface area contributed by atoms with Crippen LogP contribution in [0.3, 0.4) is 0 Å². The maximum absolute atomic E-state index is 4.48. The number of hydrogen-bond acceptors (Lipinski definition) is 4. The zero-order chi connectivity index (χ0) is 12.5. The quantitative estimate of drug-likeness (QED) is 0.841. The van der Waals surface area contributed by atoms with Crippen molar-refractivity contribution in [3.8, 4) is 0 Å². The van der Waals surface area contributed by atoms with Crippen molar-refractivity contribution >= 4 is 11.6 Å². The lowest BCUT2D eigenvalue weighted by Crippen LogP contribution is -2.33. The Balaban J connectivity index is 2.12. The maximum Gasteiger partial charge on any atom is 0.134 e. The molecule has 4 heteroatoms. The van der Waals surface area contributed by atoms with Crippen LogP contribution in [-0.2, 0) is 0 Å². The van der Waals surface area contributed by atoms with Gasteiger partial charge in [-0.25, -0.2) is 9.97 Å². The second-order valence-electron chi connectivity index (χ2n) is 5.36. The van der Waals surface area contributed by atoms with Crippen LogP contribution in [0.1, 0.15) is 37.6 Å². The van der Waals surface area contributed by atoms with E-state index in [1.165, 1.54) is 19.3 Å². The van der Waals surface area contributed by atoms with Crippen LogP contribution < -0.4 is 10.6 Å². The molecule has 1 aromatic rings. The number of hydrogen-bond donors (Lipinski definition) is 2. The molecule has 0 saturated heterocycles. The number of nitrogens with one attached hydrogen (secondary N) is 2. The van der Waals surface area contributed by atoms with Gasteiger partial charge in [0.25, 0.3) is 0 Å². The summed E-state index contributed by atoms with van der Waals surface area (Å²) in [5.41, 5.74) is 1.56. The van der Waals surface area contributed by atoms with Gasteiger partial charge in [-0.1, -0.05) is 13.3 Å². The van der Waals surface area contributed by atoms with Crippen molar-refractivity contribution in [1.29, 1.82) is 0 Å². The van der Waals surface area contributed by atoms with Gasteiger partial charge in [0.1, 0.15) is 17.5 Å². The maximum atomic E-state index is 4.48. The fourth-order valence-electron chi connectivity index (χ4n) is 2.30. The molecule has 0 aromatic carbocycles. The Bertz CT molecular complexity index is 410. The normalized spacial score (nSPS) is 17.4. The topological polar surface area (TPSA) is 49.8 Å². The van der Waals surface area contributed by atoms with E-state index in [2.05, 4.69) is 34.4 Å². The molecule has 2 rings (SSSR count). The summed E-state index contributed by atoms with van der Waals surface area (Å²) in [6.07, 6.45) is 4.01. The average Bonchev–Trinajstić information content (AvgIpc) is 2.27. The number of rotatable bonds is 4. The van der Waals surface area contributed by atoms with Crippen molar-refractivity contribution in [2.75, 3.05) is 24.2 Å². The van der Waals surface area contributed by atoms with Gasteiger partial charge in [-0.3, -0.25) is 0 Å². The summed E-state index contributed by atoms with van der Waals surface area (Å²) in [5, 5.41) is 6.59. The summed E-state index contributed by atoms with van der Waals surface area (Å²) in [4.78, 5) is 8.85. The fraction of sp³-hybridized carbons (Fsp3) is 0.692. The first-order valence-electron chi connectivity index (χ1n) is 6.31. The molecule has 17 heavy (non-hydrogen) atoms. The molecule has 1 aliphatic rings. The second kappa shape index (κ2) is 4.51. The summed E-state index contributed by atoms with van der Waals surface area (Å²) in [6.45, 7) is 7.33. The summed E-state index contributed by atoms with van der Waals surface area (Å²) in [7, 11) is 1.89. The molecule has 1 aliphatic carbocycles. The van der Waals surface area contributed by atoms with Crippen molar-refractivity contribution in [2.24, 2.45) is 5.41 Å². The third-order valence-corrected chi connectivity index (χ3v) is 3.74. The van der Waals surface area contributed by atoms with Crippen LogP contribution in [-0.4, -0.2) is 23.6 Å². The van der Waals surface area contributed by atoms with E-state index in [4.69, 9.17) is 0 Å². The van der Waals surface area contributed by atoms with Gasteiger partial charge in [-0.15, -0.1) is 0 Å². The molecule has 1 saturated carbocycles. The van der Waals surface area contributed by atoms with Crippen LogP contribution in [0.2, 0.25) is 0 Å². The SMILES string of the molecule is CNc1nc(C)nc(NCC2(C)CCC2)c1C. The third-order valence-electron chi connectivity index (χ3n) is 3.74. The molecule has 0 aliphatic heterocycles. The van der Waals surface area contributed by atoms with E-state index in [-0.39, 0.29) is 0 Å². The first kappa shape index (κ1) is 12.1. The monoisotopic (exact) mass is 234 g/mol. The van der Waals surface area contributed by atoms with Crippen molar-refractivity contribution in [3.05, 3.63) is 11.4 Å². The van der Waals surface area contributed by atoms with Crippen LogP contribution in [0.4, 0.5) is 11.6 Å². The van der Waals surface area contributed by atoms with Crippen molar-refractivity contribution in [2.45, 2.75) is 40.0 Å². The standard InChI is InChI=1S/C13H22N4/c1-9-11(14-4)16-10(2)17-12(9)15-8-13(3)6-5-7-13/h5-8H2,1-4H3,(H2,14,15,16,17). The van der Waals surface area contributed by atoms with Gasteiger partial charge < -0.3 is 10.6 Å². The molecular formula is C13H22N4. The van der Waals surface area contributed by atoms with E-state index >= 15 is 0 Å². The van der Waals surface area contributed by atoms with Gasteiger partial charge in [0.15, 0.2) is 0 Å². The highest BCUT2D eigenvalue weighted by atomic mass is 15.1. The Morgan fingerprint density at radius 3 is 2.35 bits per heavy atom.